The molecule has 2 N–H and O–H groups in total. The maximum absolute atomic E-state index is 11.9. The van der Waals surface area contributed by atoms with Crippen LogP contribution in [0.4, 0.5) is 21.9 Å². The van der Waals surface area contributed by atoms with Crippen LogP contribution >= 0.6 is 0 Å². The van der Waals surface area contributed by atoms with E-state index in [0.29, 0.717) is 11.4 Å². The van der Waals surface area contributed by atoms with E-state index >= 15 is 0 Å². The van der Waals surface area contributed by atoms with Gasteiger partial charge in [-0.2, -0.15) is 5.26 Å². The first kappa shape index (κ1) is 22.2. The largest absolute Gasteiger partial charge is 0.448 e. The van der Waals surface area contributed by atoms with Gasteiger partial charge in [0.25, 0.3) is 0 Å². The smallest absolute Gasteiger partial charge is 0.411 e. The van der Waals surface area contributed by atoms with E-state index in [1.807, 2.05) is 13.8 Å². The highest BCUT2D eigenvalue weighted by atomic mass is 32.2. The van der Waals surface area contributed by atoms with Crippen LogP contribution in [0.2, 0.25) is 0 Å². The van der Waals surface area contributed by atoms with Crippen molar-refractivity contribution in [1.29, 1.82) is 5.26 Å². The fourth-order valence-electron chi connectivity index (χ4n) is 2.30. The molecule has 9 nitrogen and oxygen atoms in total. The zero-order chi connectivity index (χ0) is 20.4. The molecule has 10 heteroatoms. The lowest BCUT2D eigenvalue weighted by Crippen LogP contribution is -2.23. The van der Waals surface area contributed by atoms with Crippen LogP contribution < -0.4 is 15.5 Å². The van der Waals surface area contributed by atoms with Crippen LogP contribution in [0.1, 0.15) is 20.8 Å². The molecule has 0 heterocycles. The van der Waals surface area contributed by atoms with Crippen molar-refractivity contribution in [3.63, 3.8) is 0 Å². The number of nitriles is 1. The summed E-state index contributed by atoms with van der Waals surface area (Å²) in [6, 6.07) is 6.71. The van der Waals surface area contributed by atoms with E-state index in [2.05, 4.69) is 15.5 Å². The minimum absolute atomic E-state index is 0.300. The van der Waals surface area contributed by atoms with Crippen LogP contribution in [-0.2, 0) is 19.4 Å². The molecule has 1 aromatic carbocycles. The van der Waals surface area contributed by atoms with E-state index in [4.69, 9.17) is 10.00 Å². The summed E-state index contributed by atoms with van der Waals surface area (Å²) in [6.07, 6.45) is -0.857. The zero-order valence-corrected chi connectivity index (χ0v) is 16.4. The number of ether oxygens (including phenoxy) is 1. The Balaban J connectivity index is 2.84. The van der Waals surface area contributed by atoms with Gasteiger partial charge in [-0.1, -0.05) is 0 Å². The van der Waals surface area contributed by atoms with Crippen molar-refractivity contribution < 1.29 is 22.7 Å². The molecule has 0 bridgehead atoms. The van der Waals surface area contributed by atoms with Gasteiger partial charge in [-0.15, -0.1) is 0 Å². The van der Waals surface area contributed by atoms with E-state index in [0.717, 1.165) is 18.8 Å². The van der Waals surface area contributed by atoms with Crippen molar-refractivity contribution in [2.24, 2.45) is 0 Å². The molecule has 27 heavy (non-hydrogen) atoms. The molecule has 1 rings (SSSR count). The van der Waals surface area contributed by atoms with E-state index < -0.39 is 27.4 Å². The fraction of sp³-hybridized carbons (Fsp3) is 0.471. The minimum Gasteiger partial charge on any atom is -0.448 e. The zero-order valence-electron chi connectivity index (χ0n) is 15.6. The van der Waals surface area contributed by atoms with Crippen LogP contribution in [0.3, 0.4) is 0 Å². The number of rotatable bonds is 9. The Morgan fingerprint density at radius 1 is 1.19 bits per heavy atom. The number of carbonyl (C=O) groups excluding carboxylic acids is 2. The average Bonchev–Trinajstić information content (AvgIpc) is 2.57. The Morgan fingerprint density at radius 2 is 1.85 bits per heavy atom. The Hall–Kier alpha value is -2.80. The second kappa shape index (κ2) is 10.4. The van der Waals surface area contributed by atoms with Crippen LogP contribution in [-0.4, -0.2) is 51.6 Å². The second-order valence-corrected chi connectivity index (χ2v) is 7.78. The highest BCUT2D eigenvalue weighted by Crippen LogP contribution is 2.28. The number of anilines is 3. The van der Waals surface area contributed by atoms with Crippen molar-refractivity contribution in [3.8, 4) is 6.07 Å². The Kier molecular flexibility index (Phi) is 8.55. The Morgan fingerprint density at radius 3 is 2.41 bits per heavy atom. The van der Waals surface area contributed by atoms with Gasteiger partial charge in [0.2, 0.25) is 5.91 Å². The topological polar surface area (TPSA) is 129 Å². The average molecular weight is 396 g/mol. The van der Waals surface area contributed by atoms with Gasteiger partial charge in [-0.25, -0.2) is 13.2 Å². The molecule has 0 spiro atoms. The van der Waals surface area contributed by atoms with Gasteiger partial charge in [0.05, 0.1) is 23.2 Å². The SMILES string of the molecule is CCN(CC)c1ccc(NC(=O)OCCS(=O)(=O)CC#N)c(NC(C)=O)c1. The van der Waals surface area contributed by atoms with Crippen LogP contribution in [0, 0.1) is 11.3 Å². The predicted octanol–water partition coefficient (Wildman–Crippen LogP) is 1.98. The Bertz CT molecular complexity index is 813. The number of hydrogen-bond acceptors (Lipinski definition) is 7. The molecule has 0 saturated heterocycles. The fourth-order valence-corrected chi connectivity index (χ4v) is 2.98. The maximum Gasteiger partial charge on any atom is 0.411 e. The lowest BCUT2D eigenvalue weighted by Gasteiger charge is -2.23. The molecule has 0 aromatic heterocycles. The lowest BCUT2D eigenvalue weighted by atomic mass is 10.2. The molecular weight excluding hydrogens is 372 g/mol. The van der Waals surface area contributed by atoms with Crippen molar-refractivity contribution in [1.82, 2.24) is 0 Å². The molecule has 0 aliphatic heterocycles. The van der Waals surface area contributed by atoms with Crippen LogP contribution in [0.15, 0.2) is 18.2 Å². The predicted molar refractivity (Wildman–Crippen MR) is 104 cm³/mol. The molecule has 0 atom stereocenters. The third-order valence-corrected chi connectivity index (χ3v) is 4.95. The van der Waals surface area contributed by atoms with Gasteiger partial charge in [-0.05, 0) is 32.0 Å². The van der Waals surface area contributed by atoms with E-state index in [-0.39, 0.29) is 12.5 Å². The van der Waals surface area contributed by atoms with Crippen LogP contribution in [0.5, 0.6) is 0 Å². The third kappa shape index (κ3) is 7.53. The van der Waals surface area contributed by atoms with Crippen molar-refractivity contribution >= 4 is 38.9 Å². The van der Waals surface area contributed by atoms with Gasteiger partial charge in [0.15, 0.2) is 9.84 Å². The number of nitrogens with one attached hydrogen (secondary N) is 2. The minimum atomic E-state index is -3.57. The normalized spacial score (nSPS) is 10.6. The molecular formula is C17H24N4O5S. The number of hydrogen-bond donors (Lipinski definition) is 2. The summed E-state index contributed by atoms with van der Waals surface area (Å²) < 4.78 is 27.7. The van der Waals surface area contributed by atoms with Gasteiger partial charge in [0.1, 0.15) is 12.4 Å². The number of sulfone groups is 1. The van der Waals surface area contributed by atoms with Gasteiger partial charge < -0.3 is 15.0 Å². The highest BCUT2D eigenvalue weighted by Gasteiger charge is 2.14. The third-order valence-electron chi connectivity index (χ3n) is 3.59. The standard InChI is InChI=1S/C17H24N4O5S/c1-4-21(5-2)14-6-7-15(16(12-14)19-13(3)22)20-17(23)26-9-11-27(24,25)10-8-18/h6-7,12H,4-5,9-11H2,1-3H3,(H,19,22)(H,20,23). The molecule has 0 aliphatic carbocycles. The monoisotopic (exact) mass is 396 g/mol. The summed E-state index contributed by atoms with van der Waals surface area (Å²) in [7, 11) is -3.57. The molecule has 0 radical (unpaired) electrons. The summed E-state index contributed by atoms with van der Waals surface area (Å²) in [5.41, 5.74) is 1.61. The van der Waals surface area contributed by atoms with Gasteiger partial charge in [0, 0.05) is 25.7 Å². The number of benzene rings is 1. The van der Waals surface area contributed by atoms with Crippen molar-refractivity contribution in [2.75, 3.05) is 46.7 Å². The van der Waals surface area contributed by atoms with E-state index in [1.165, 1.54) is 6.92 Å². The summed E-state index contributed by atoms with van der Waals surface area (Å²) in [6.45, 7) is 6.55. The molecule has 0 aliphatic rings. The molecule has 2 amide bonds. The number of amides is 2. The lowest BCUT2D eigenvalue weighted by molar-refractivity contribution is -0.114. The molecule has 0 unspecified atom stereocenters. The molecule has 0 saturated carbocycles. The molecule has 1 aromatic rings. The second-order valence-electron chi connectivity index (χ2n) is 5.59. The van der Waals surface area contributed by atoms with Crippen molar-refractivity contribution in [2.45, 2.75) is 20.8 Å². The first-order chi connectivity index (χ1) is 12.7. The first-order valence-electron chi connectivity index (χ1n) is 8.40. The number of carbonyl (C=O) groups is 2. The highest BCUT2D eigenvalue weighted by molar-refractivity contribution is 7.91. The van der Waals surface area contributed by atoms with E-state index in [9.17, 15) is 18.0 Å². The van der Waals surface area contributed by atoms with Gasteiger partial charge >= 0.3 is 6.09 Å². The maximum atomic E-state index is 11.9. The molecule has 148 valence electrons. The quantitative estimate of drug-likeness (QED) is 0.653. The summed E-state index contributed by atoms with van der Waals surface area (Å²) in [5, 5.41) is 13.6. The van der Waals surface area contributed by atoms with Crippen molar-refractivity contribution in [3.05, 3.63) is 18.2 Å². The summed E-state index contributed by atoms with van der Waals surface area (Å²) in [5.74, 6) is -1.36. The van der Waals surface area contributed by atoms with Gasteiger partial charge in [-0.3, -0.25) is 10.1 Å². The van der Waals surface area contributed by atoms with Crippen LogP contribution in [0.25, 0.3) is 0 Å². The number of nitrogens with zero attached hydrogens (tertiary/aromatic N) is 2. The molecule has 0 fully saturated rings. The Labute approximate surface area is 159 Å². The summed E-state index contributed by atoms with van der Waals surface area (Å²) in [4.78, 5) is 25.4. The summed E-state index contributed by atoms with van der Waals surface area (Å²) >= 11 is 0. The first-order valence-corrected chi connectivity index (χ1v) is 10.2. The van der Waals surface area contributed by atoms with E-state index in [1.54, 1.807) is 24.3 Å².